The lowest BCUT2D eigenvalue weighted by Crippen LogP contribution is -2.23. The second-order valence-electron chi connectivity index (χ2n) is 4.55. The molecule has 1 aromatic heterocycles. The van der Waals surface area contributed by atoms with Crippen LogP contribution in [0.1, 0.15) is 31.7 Å². The lowest BCUT2D eigenvalue weighted by atomic mass is 10.1. The van der Waals surface area contributed by atoms with Crippen LogP contribution >= 0.6 is 0 Å². The quantitative estimate of drug-likeness (QED) is 0.780. The lowest BCUT2D eigenvalue weighted by molar-refractivity contribution is 0.555. The number of hydrogen-bond acceptors (Lipinski definition) is 3. The van der Waals surface area contributed by atoms with E-state index in [1.54, 1.807) is 0 Å². The molecule has 15 heavy (non-hydrogen) atoms. The van der Waals surface area contributed by atoms with Crippen molar-refractivity contribution in [3.8, 4) is 0 Å². The first-order valence-electron chi connectivity index (χ1n) is 5.66. The first-order valence-corrected chi connectivity index (χ1v) is 5.66. The molecule has 1 aromatic rings. The molecule has 2 atom stereocenters. The number of aryl methyl sites for hydroxylation is 1. The topological polar surface area (TPSA) is 50.9 Å². The zero-order valence-electron chi connectivity index (χ0n) is 9.46. The van der Waals surface area contributed by atoms with Crippen LogP contribution in [0.2, 0.25) is 0 Å². The van der Waals surface area contributed by atoms with Crippen molar-refractivity contribution in [2.45, 2.75) is 39.2 Å². The maximum atomic E-state index is 5.98. The SMILES string of the molecule is Cc1ccnc(NC2CCCC2C)c1N. The maximum absolute atomic E-state index is 5.98. The minimum Gasteiger partial charge on any atom is -0.396 e. The first kappa shape index (κ1) is 10.3. The number of nitrogens with zero attached hydrogens (tertiary/aromatic N) is 1. The Morgan fingerprint density at radius 2 is 2.27 bits per heavy atom. The molecule has 3 heteroatoms. The highest BCUT2D eigenvalue weighted by Crippen LogP contribution is 2.29. The van der Waals surface area contributed by atoms with Gasteiger partial charge in [-0.1, -0.05) is 13.3 Å². The molecule has 3 nitrogen and oxygen atoms in total. The van der Waals surface area contributed by atoms with Crippen molar-refractivity contribution in [3.05, 3.63) is 17.8 Å². The van der Waals surface area contributed by atoms with Gasteiger partial charge in [0.2, 0.25) is 0 Å². The third-order valence-electron chi connectivity index (χ3n) is 3.39. The van der Waals surface area contributed by atoms with E-state index in [9.17, 15) is 0 Å². The van der Waals surface area contributed by atoms with Crippen molar-refractivity contribution in [1.82, 2.24) is 4.98 Å². The fraction of sp³-hybridized carbons (Fsp3) is 0.583. The van der Waals surface area contributed by atoms with Crippen LogP contribution < -0.4 is 11.1 Å². The molecule has 82 valence electrons. The molecule has 0 aliphatic heterocycles. The molecular formula is C12H19N3. The van der Waals surface area contributed by atoms with Gasteiger partial charge in [-0.05, 0) is 37.3 Å². The monoisotopic (exact) mass is 205 g/mol. The molecule has 0 saturated heterocycles. The number of aromatic nitrogens is 1. The van der Waals surface area contributed by atoms with Gasteiger partial charge in [0.15, 0.2) is 0 Å². The number of anilines is 2. The minimum absolute atomic E-state index is 0.543. The van der Waals surface area contributed by atoms with Crippen molar-refractivity contribution in [2.75, 3.05) is 11.1 Å². The van der Waals surface area contributed by atoms with Crippen LogP contribution in [0.5, 0.6) is 0 Å². The summed E-state index contributed by atoms with van der Waals surface area (Å²) in [6, 6.07) is 2.49. The molecular weight excluding hydrogens is 186 g/mol. The average Bonchev–Trinajstić information content (AvgIpc) is 2.60. The smallest absolute Gasteiger partial charge is 0.149 e. The maximum Gasteiger partial charge on any atom is 0.149 e. The second kappa shape index (κ2) is 4.09. The Kier molecular flexibility index (Phi) is 2.80. The molecule has 1 aliphatic carbocycles. The average molecular weight is 205 g/mol. The van der Waals surface area contributed by atoms with Crippen molar-refractivity contribution in [3.63, 3.8) is 0 Å². The summed E-state index contributed by atoms with van der Waals surface area (Å²) in [6.07, 6.45) is 5.66. The summed E-state index contributed by atoms with van der Waals surface area (Å²) < 4.78 is 0. The number of nitrogens with two attached hydrogens (primary N) is 1. The molecule has 2 rings (SSSR count). The molecule has 0 aromatic carbocycles. The van der Waals surface area contributed by atoms with Gasteiger partial charge in [0.05, 0.1) is 5.69 Å². The van der Waals surface area contributed by atoms with E-state index in [1.807, 2.05) is 19.2 Å². The number of nitrogen functional groups attached to an aromatic ring is 1. The highest BCUT2D eigenvalue weighted by atomic mass is 15.0. The van der Waals surface area contributed by atoms with Crippen LogP contribution in [-0.2, 0) is 0 Å². The molecule has 1 fully saturated rings. The van der Waals surface area contributed by atoms with Gasteiger partial charge in [0, 0.05) is 12.2 Å². The Morgan fingerprint density at radius 1 is 1.47 bits per heavy atom. The Bertz CT molecular complexity index is 349. The standard InChI is InChI=1S/C12H19N3/c1-8-4-3-5-10(8)15-12-11(13)9(2)6-7-14-12/h6-8,10H,3-5,13H2,1-2H3,(H,14,15). The van der Waals surface area contributed by atoms with E-state index in [0.29, 0.717) is 6.04 Å². The summed E-state index contributed by atoms with van der Waals surface area (Å²) in [5.74, 6) is 1.58. The molecule has 0 radical (unpaired) electrons. The van der Waals surface area contributed by atoms with Crippen LogP contribution in [0.3, 0.4) is 0 Å². The summed E-state index contributed by atoms with van der Waals surface area (Å²) >= 11 is 0. The molecule has 0 amide bonds. The van der Waals surface area contributed by atoms with Gasteiger partial charge in [-0.3, -0.25) is 0 Å². The van der Waals surface area contributed by atoms with E-state index in [-0.39, 0.29) is 0 Å². The van der Waals surface area contributed by atoms with Gasteiger partial charge in [0.1, 0.15) is 5.82 Å². The number of nitrogens with one attached hydrogen (secondary N) is 1. The largest absolute Gasteiger partial charge is 0.396 e. The van der Waals surface area contributed by atoms with Crippen LogP contribution in [-0.4, -0.2) is 11.0 Å². The molecule has 1 aliphatic rings. The van der Waals surface area contributed by atoms with E-state index >= 15 is 0 Å². The fourth-order valence-electron chi connectivity index (χ4n) is 2.22. The van der Waals surface area contributed by atoms with Gasteiger partial charge in [0.25, 0.3) is 0 Å². The fourth-order valence-corrected chi connectivity index (χ4v) is 2.22. The van der Waals surface area contributed by atoms with Crippen molar-refractivity contribution >= 4 is 11.5 Å². The minimum atomic E-state index is 0.543. The third kappa shape index (κ3) is 2.06. The first-order chi connectivity index (χ1) is 7.18. The highest BCUT2D eigenvalue weighted by Gasteiger charge is 2.23. The van der Waals surface area contributed by atoms with E-state index in [4.69, 9.17) is 5.73 Å². The van der Waals surface area contributed by atoms with Crippen LogP contribution in [0.25, 0.3) is 0 Å². The van der Waals surface area contributed by atoms with Crippen LogP contribution in [0.4, 0.5) is 11.5 Å². The molecule has 1 heterocycles. The summed E-state index contributed by atoms with van der Waals surface area (Å²) in [4.78, 5) is 4.30. The third-order valence-corrected chi connectivity index (χ3v) is 3.39. The Labute approximate surface area is 91.1 Å². The Morgan fingerprint density at radius 3 is 2.93 bits per heavy atom. The summed E-state index contributed by atoms with van der Waals surface area (Å²) in [5, 5.41) is 3.46. The van der Waals surface area contributed by atoms with Gasteiger partial charge in [-0.2, -0.15) is 0 Å². The predicted octanol–water partition coefficient (Wildman–Crippen LogP) is 2.57. The number of hydrogen-bond donors (Lipinski definition) is 2. The summed E-state index contributed by atoms with van der Waals surface area (Å²) in [6.45, 7) is 4.30. The van der Waals surface area contributed by atoms with E-state index in [1.165, 1.54) is 19.3 Å². The van der Waals surface area contributed by atoms with E-state index < -0.39 is 0 Å². The second-order valence-corrected chi connectivity index (χ2v) is 4.55. The molecule has 1 saturated carbocycles. The lowest BCUT2D eigenvalue weighted by Gasteiger charge is -2.19. The summed E-state index contributed by atoms with van der Waals surface area (Å²) in [5.41, 5.74) is 7.87. The molecule has 2 unspecified atom stereocenters. The van der Waals surface area contributed by atoms with Gasteiger partial charge in [-0.25, -0.2) is 4.98 Å². The van der Waals surface area contributed by atoms with Crippen molar-refractivity contribution in [1.29, 1.82) is 0 Å². The highest BCUT2D eigenvalue weighted by molar-refractivity contribution is 5.65. The molecule has 3 N–H and O–H groups in total. The van der Waals surface area contributed by atoms with E-state index in [0.717, 1.165) is 23.0 Å². The zero-order chi connectivity index (χ0) is 10.8. The summed E-state index contributed by atoms with van der Waals surface area (Å²) in [7, 11) is 0. The normalized spacial score (nSPS) is 25.5. The zero-order valence-corrected chi connectivity index (χ0v) is 9.46. The van der Waals surface area contributed by atoms with Crippen molar-refractivity contribution < 1.29 is 0 Å². The van der Waals surface area contributed by atoms with E-state index in [2.05, 4.69) is 17.2 Å². The van der Waals surface area contributed by atoms with Crippen molar-refractivity contribution in [2.24, 2.45) is 5.92 Å². The van der Waals surface area contributed by atoms with Gasteiger partial charge >= 0.3 is 0 Å². The number of pyridine rings is 1. The Hall–Kier alpha value is -1.25. The molecule has 0 spiro atoms. The van der Waals surface area contributed by atoms with Crippen LogP contribution in [0.15, 0.2) is 12.3 Å². The van der Waals surface area contributed by atoms with Crippen LogP contribution in [0, 0.1) is 12.8 Å². The number of rotatable bonds is 2. The molecule has 0 bridgehead atoms. The predicted molar refractivity (Wildman–Crippen MR) is 63.8 cm³/mol. The Balaban J connectivity index is 2.13. The van der Waals surface area contributed by atoms with Gasteiger partial charge < -0.3 is 11.1 Å². The van der Waals surface area contributed by atoms with Gasteiger partial charge in [-0.15, -0.1) is 0 Å².